The molecule has 1 aliphatic heterocycles. The normalized spacial score (nSPS) is 17.4. The Balaban J connectivity index is 1.36. The van der Waals surface area contributed by atoms with Gasteiger partial charge in [0.2, 0.25) is 0 Å². The third-order valence-electron chi connectivity index (χ3n) is 5.52. The molecule has 1 N–H and O–H groups in total. The summed E-state index contributed by atoms with van der Waals surface area (Å²) in [5.41, 5.74) is 0.691. The van der Waals surface area contributed by atoms with Crippen LogP contribution in [0.4, 0.5) is 0 Å². The number of amides is 3. The minimum Gasteiger partial charge on any atom is -0.459 e. The van der Waals surface area contributed by atoms with Crippen LogP contribution in [0, 0.1) is 0 Å². The average Bonchev–Trinajstić information content (AvgIpc) is 3.47. The molecule has 4 rings (SSSR count). The minimum atomic E-state index is -0.236. The molecule has 8 heteroatoms. The van der Waals surface area contributed by atoms with Crippen LogP contribution >= 0.6 is 0 Å². The highest BCUT2D eigenvalue weighted by atomic mass is 16.3. The topological polar surface area (TPSA) is 95.8 Å². The summed E-state index contributed by atoms with van der Waals surface area (Å²) in [6.45, 7) is 1.73. The second-order valence-corrected chi connectivity index (χ2v) is 7.45. The van der Waals surface area contributed by atoms with Gasteiger partial charge >= 0.3 is 0 Å². The summed E-state index contributed by atoms with van der Waals surface area (Å²) in [7, 11) is 0. The van der Waals surface area contributed by atoms with E-state index in [-0.39, 0.29) is 29.5 Å². The monoisotopic (exact) mass is 396 g/mol. The smallest absolute Gasteiger partial charge is 0.289 e. The zero-order valence-corrected chi connectivity index (χ0v) is 16.2. The lowest BCUT2D eigenvalue weighted by molar-refractivity contribution is 0.0518. The molecule has 3 heterocycles. The first-order valence-electron chi connectivity index (χ1n) is 10.0. The number of nitrogens with one attached hydrogen (secondary N) is 1. The molecule has 2 aromatic heterocycles. The SMILES string of the molecule is O=C(NC1CCCC1)c1cc(C(=O)N2CCN(C(=O)c3ccco3)CC2)ccn1. The highest BCUT2D eigenvalue weighted by Crippen LogP contribution is 2.18. The fourth-order valence-corrected chi connectivity index (χ4v) is 3.87. The third kappa shape index (κ3) is 4.31. The minimum absolute atomic E-state index is 0.160. The predicted octanol–water partition coefficient (Wildman–Crippen LogP) is 1.95. The Hall–Kier alpha value is -3.16. The van der Waals surface area contributed by atoms with E-state index >= 15 is 0 Å². The first-order chi connectivity index (χ1) is 14.1. The van der Waals surface area contributed by atoms with Gasteiger partial charge in [0.25, 0.3) is 17.7 Å². The fraction of sp³-hybridized carbons (Fsp3) is 0.429. The summed E-state index contributed by atoms with van der Waals surface area (Å²) in [5.74, 6) is -0.262. The molecule has 152 valence electrons. The zero-order valence-electron chi connectivity index (χ0n) is 16.2. The lowest BCUT2D eigenvalue weighted by Gasteiger charge is -2.34. The van der Waals surface area contributed by atoms with E-state index in [4.69, 9.17) is 4.42 Å². The van der Waals surface area contributed by atoms with E-state index < -0.39 is 0 Å². The van der Waals surface area contributed by atoms with Crippen LogP contribution in [0.15, 0.2) is 41.1 Å². The Morgan fingerprint density at radius 2 is 1.69 bits per heavy atom. The second kappa shape index (κ2) is 8.46. The maximum atomic E-state index is 12.9. The summed E-state index contributed by atoms with van der Waals surface area (Å²) >= 11 is 0. The van der Waals surface area contributed by atoms with Gasteiger partial charge in [0.15, 0.2) is 5.76 Å². The molecule has 2 aliphatic rings. The van der Waals surface area contributed by atoms with Crippen molar-refractivity contribution in [2.45, 2.75) is 31.7 Å². The van der Waals surface area contributed by atoms with Crippen molar-refractivity contribution in [1.29, 1.82) is 0 Å². The third-order valence-corrected chi connectivity index (χ3v) is 5.52. The Labute approximate surface area is 168 Å². The molecule has 8 nitrogen and oxygen atoms in total. The summed E-state index contributed by atoms with van der Waals surface area (Å²) in [6.07, 6.45) is 7.21. The Morgan fingerprint density at radius 1 is 1.00 bits per heavy atom. The number of nitrogens with zero attached hydrogens (tertiary/aromatic N) is 3. The lowest BCUT2D eigenvalue weighted by Crippen LogP contribution is -2.50. The molecule has 2 aromatic rings. The van der Waals surface area contributed by atoms with Crippen LogP contribution < -0.4 is 5.32 Å². The lowest BCUT2D eigenvalue weighted by atomic mass is 10.1. The molecule has 0 unspecified atom stereocenters. The molecule has 1 saturated heterocycles. The van der Waals surface area contributed by atoms with Gasteiger partial charge in [-0.1, -0.05) is 12.8 Å². The number of piperazine rings is 1. The van der Waals surface area contributed by atoms with Crippen LogP contribution in [0.25, 0.3) is 0 Å². The van der Waals surface area contributed by atoms with Crippen molar-refractivity contribution >= 4 is 17.7 Å². The van der Waals surface area contributed by atoms with Gasteiger partial charge in [-0.3, -0.25) is 19.4 Å². The van der Waals surface area contributed by atoms with Crippen LogP contribution in [0.2, 0.25) is 0 Å². The molecule has 0 bridgehead atoms. The van der Waals surface area contributed by atoms with Crippen molar-refractivity contribution in [2.24, 2.45) is 0 Å². The van der Waals surface area contributed by atoms with Gasteiger partial charge in [-0.05, 0) is 37.1 Å². The molecular weight excluding hydrogens is 372 g/mol. The standard InChI is InChI=1S/C21H24N4O4/c26-19(23-16-4-1-2-5-16)17-14-15(7-8-22-17)20(27)24-9-11-25(12-10-24)21(28)18-6-3-13-29-18/h3,6-8,13-14,16H,1-2,4-5,9-12H2,(H,23,26). The molecule has 1 saturated carbocycles. The number of furan rings is 1. The van der Waals surface area contributed by atoms with Gasteiger partial charge in [0.1, 0.15) is 5.69 Å². The molecule has 0 spiro atoms. The van der Waals surface area contributed by atoms with E-state index in [1.807, 2.05) is 0 Å². The van der Waals surface area contributed by atoms with E-state index in [2.05, 4.69) is 10.3 Å². The number of aromatic nitrogens is 1. The van der Waals surface area contributed by atoms with Crippen LogP contribution in [-0.4, -0.2) is 64.7 Å². The summed E-state index contributed by atoms with van der Waals surface area (Å²) < 4.78 is 5.16. The average molecular weight is 396 g/mol. The van der Waals surface area contributed by atoms with Crippen molar-refractivity contribution in [2.75, 3.05) is 26.2 Å². The first-order valence-corrected chi connectivity index (χ1v) is 10.0. The molecule has 0 atom stereocenters. The Bertz CT molecular complexity index is 882. The Morgan fingerprint density at radius 3 is 2.34 bits per heavy atom. The summed E-state index contributed by atoms with van der Waals surface area (Å²) in [5, 5.41) is 2.99. The number of hydrogen-bond acceptors (Lipinski definition) is 5. The molecule has 0 radical (unpaired) electrons. The van der Waals surface area contributed by atoms with Gasteiger partial charge in [-0.25, -0.2) is 0 Å². The number of hydrogen-bond donors (Lipinski definition) is 1. The van der Waals surface area contributed by atoms with E-state index in [9.17, 15) is 14.4 Å². The summed E-state index contributed by atoms with van der Waals surface area (Å²) in [4.78, 5) is 45.1. The second-order valence-electron chi connectivity index (χ2n) is 7.45. The van der Waals surface area contributed by atoms with Crippen molar-refractivity contribution in [3.63, 3.8) is 0 Å². The fourth-order valence-electron chi connectivity index (χ4n) is 3.87. The van der Waals surface area contributed by atoms with Gasteiger partial charge in [-0.15, -0.1) is 0 Å². The van der Waals surface area contributed by atoms with Crippen molar-refractivity contribution in [3.05, 3.63) is 53.7 Å². The highest BCUT2D eigenvalue weighted by Gasteiger charge is 2.27. The molecule has 29 heavy (non-hydrogen) atoms. The van der Waals surface area contributed by atoms with E-state index in [1.54, 1.807) is 34.1 Å². The highest BCUT2D eigenvalue weighted by molar-refractivity contribution is 5.98. The van der Waals surface area contributed by atoms with E-state index in [0.717, 1.165) is 25.7 Å². The number of carbonyl (C=O) groups is 3. The largest absolute Gasteiger partial charge is 0.459 e. The number of pyridine rings is 1. The number of rotatable bonds is 4. The van der Waals surface area contributed by atoms with Gasteiger partial charge < -0.3 is 19.5 Å². The van der Waals surface area contributed by atoms with Crippen LogP contribution in [-0.2, 0) is 0 Å². The molecule has 3 amide bonds. The molecular formula is C21H24N4O4. The van der Waals surface area contributed by atoms with E-state index in [0.29, 0.717) is 37.5 Å². The summed E-state index contributed by atoms with van der Waals surface area (Å²) in [6, 6.07) is 6.68. The van der Waals surface area contributed by atoms with Crippen LogP contribution in [0.3, 0.4) is 0 Å². The Kier molecular flexibility index (Phi) is 5.59. The van der Waals surface area contributed by atoms with Gasteiger partial charge in [0.05, 0.1) is 6.26 Å². The zero-order chi connectivity index (χ0) is 20.2. The maximum Gasteiger partial charge on any atom is 0.289 e. The van der Waals surface area contributed by atoms with Crippen molar-refractivity contribution < 1.29 is 18.8 Å². The maximum absolute atomic E-state index is 12.9. The molecule has 0 aromatic carbocycles. The van der Waals surface area contributed by atoms with Crippen molar-refractivity contribution in [3.8, 4) is 0 Å². The first kappa shape index (κ1) is 19.2. The predicted molar refractivity (Wildman–Crippen MR) is 104 cm³/mol. The number of carbonyl (C=O) groups excluding carboxylic acids is 3. The quantitative estimate of drug-likeness (QED) is 0.852. The van der Waals surface area contributed by atoms with Crippen LogP contribution in [0.5, 0.6) is 0 Å². The van der Waals surface area contributed by atoms with E-state index in [1.165, 1.54) is 12.5 Å². The van der Waals surface area contributed by atoms with Gasteiger partial charge in [-0.2, -0.15) is 0 Å². The van der Waals surface area contributed by atoms with Crippen LogP contribution in [0.1, 0.15) is 57.1 Å². The molecule has 2 fully saturated rings. The van der Waals surface area contributed by atoms with Gasteiger partial charge in [0, 0.05) is 44.0 Å². The molecule has 1 aliphatic carbocycles. The van der Waals surface area contributed by atoms with Crippen molar-refractivity contribution in [1.82, 2.24) is 20.1 Å².